The smallest absolute Gasteiger partial charge is 0.0624 e. The molecule has 2 nitrogen and oxygen atoms in total. The summed E-state index contributed by atoms with van der Waals surface area (Å²) < 4.78 is 0. The van der Waals surface area contributed by atoms with Crippen molar-refractivity contribution >= 4 is 46.7 Å². The van der Waals surface area contributed by atoms with Crippen molar-refractivity contribution in [3.8, 4) is 0 Å². The number of benzene rings is 1. The summed E-state index contributed by atoms with van der Waals surface area (Å²) in [7, 11) is 0. The molecule has 3 N–H and O–H groups in total. The third-order valence-electron chi connectivity index (χ3n) is 3.58. The van der Waals surface area contributed by atoms with E-state index in [0.717, 1.165) is 12.0 Å². The van der Waals surface area contributed by atoms with Crippen LogP contribution in [-0.4, -0.2) is 28.0 Å². The fraction of sp³-hybridized carbons (Fsp3) is 0.571. The van der Waals surface area contributed by atoms with E-state index in [2.05, 4.69) is 24.1 Å². The number of nitrogens with two attached hydrogens (primary N) is 1. The van der Waals surface area contributed by atoms with Gasteiger partial charge in [-0.15, -0.1) is 0 Å². The van der Waals surface area contributed by atoms with Crippen molar-refractivity contribution < 1.29 is 0 Å². The molecule has 0 aromatic heterocycles. The highest BCUT2D eigenvalue weighted by atomic mass is 35.5. The number of hydrogen-bond acceptors (Lipinski definition) is 4. The van der Waals surface area contributed by atoms with Gasteiger partial charge in [0.2, 0.25) is 0 Å². The zero-order chi connectivity index (χ0) is 14.5. The van der Waals surface area contributed by atoms with Gasteiger partial charge in [-0.25, -0.2) is 0 Å². The van der Waals surface area contributed by atoms with Gasteiger partial charge < -0.3 is 0 Å². The van der Waals surface area contributed by atoms with Crippen molar-refractivity contribution in [1.29, 1.82) is 0 Å². The Hall–Kier alpha value is 0.420. The summed E-state index contributed by atoms with van der Waals surface area (Å²) in [6.45, 7) is 2.25. The van der Waals surface area contributed by atoms with E-state index >= 15 is 0 Å². The lowest BCUT2D eigenvalue weighted by molar-refractivity contribution is 0.490. The minimum absolute atomic E-state index is 0.216. The Labute approximate surface area is 139 Å². The second kappa shape index (κ2) is 8.16. The topological polar surface area (TPSA) is 38.0 Å². The molecule has 0 amide bonds. The molecule has 20 heavy (non-hydrogen) atoms. The fourth-order valence-electron chi connectivity index (χ4n) is 2.52. The van der Waals surface area contributed by atoms with E-state index in [1.165, 1.54) is 17.9 Å². The first-order valence-electron chi connectivity index (χ1n) is 6.79. The molecule has 0 bridgehead atoms. The lowest BCUT2D eigenvalue weighted by atomic mass is 10.0. The zero-order valence-corrected chi connectivity index (χ0v) is 14.6. The summed E-state index contributed by atoms with van der Waals surface area (Å²) in [6, 6.07) is 6.00. The number of hydrazine groups is 1. The molecule has 0 aliphatic carbocycles. The zero-order valence-electron chi connectivity index (χ0n) is 11.4. The predicted octanol–water partition coefficient (Wildman–Crippen LogP) is 4.00. The molecule has 1 aliphatic heterocycles. The molecular weight excluding hydrogens is 331 g/mol. The molecule has 1 aliphatic rings. The number of halogens is 2. The van der Waals surface area contributed by atoms with Crippen LogP contribution < -0.4 is 11.3 Å². The van der Waals surface area contributed by atoms with Crippen molar-refractivity contribution in [1.82, 2.24) is 5.43 Å². The highest BCUT2D eigenvalue weighted by Crippen LogP contribution is 2.36. The second-order valence-corrected chi connectivity index (χ2v) is 8.26. The van der Waals surface area contributed by atoms with E-state index in [1.807, 2.05) is 30.0 Å². The molecule has 1 saturated heterocycles. The summed E-state index contributed by atoms with van der Waals surface area (Å²) in [6.07, 6.45) is 1.98. The minimum Gasteiger partial charge on any atom is -0.271 e. The van der Waals surface area contributed by atoms with Gasteiger partial charge in [0.1, 0.15) is 0 Å². The molecule has 1 aromatic carbocycles. The van der Waals surface area contributed by atoms with Crippen LogP contribution in [0.15, 0.2) is 18.2 Å². The molecule has 2 rings (SSSR count). The average Bonchev–Trinajstić information content (AvgIpc) is 2.49. The van der Waals surface area contributed by atoms with Crippen molar-refractivity contribution in [2.24, 2.45) is 5.84 Å². The van der Waals surface area contributed by atoms with Crippen LogP contribution in [0.2, 0.25) is 10.0 Å². The predicted molar refractivity (Wildman–Crippen MR) is 94.1 cm³/mol. The lowest BCUT2D eigenvalue weighted by Crippen LogP contribution is -2.49. The Kier molecular flexibility index (Phi) is 6.85. The molecular formula is C14H20Cl2N2S2. The minimum atomic E-state index is 0.216. The maximum atomic E-state index is 6.29. The summed E-state index contributed by atoms with van der Waals surface area (Å²) in [5, 5.41) is 2.42. The summed E-state index contributed by atoms with van der Waals surface area (Å²) in [5.74, 6) is 8.23. The quantitative estimate of drug-likeness (QED) is 0.621. The van der Waals surface area contributed by atoms with Gasteiger partial charge in [0.25, 0.3) is 0 Å². The molecule has 0 spiro atoms. The fourth-order valence-corrected chi connectivity index (χ4v) is 6.17. The van der Waals surface area contributed by atoms with Gasteiger partial charge in [0.05, 0.1) is 10.0 Å². The van der Waals surface area contributed by atoms with Gasteiger partial charge in [-0.05, 0) is 24.5 Å². The van der Waals surface area contributed by atoms with E-state index in [9.17, 15) is 0 Å². The van der Waals surface area contributed by atoms with Gasteiger partial charge in [-0.1, -0.05) is 42.3 Å². The maximum absolute atomic E-state index is 6.29. The first-order valence-corrected chi connectivity index (χ1v) is 9.65. The molecule has 6 heteroatoms. The average molecular weight is 351 g/mol. The van der Waals surface area contributed by atoms with Crippen LogP contribution in [0, 0.1) is 0 Å². The Morgan fingerprint density at radius 2 is 2.10 bits per heavy atom. The molecule has 1 heterocycles. The van der Waals surface area contributed by atoms with E-state index in [1.54, 1.807) is 0 Å². The van der Waals surface area contributed by atoms with Gasteiger partial charge in [-0.2, -0.15) is 23.5 Å². The van der Waals surface area contributed by atoms with Gasteiger partial charge in [0.15, 0.2) is 0 Å². The lowest BCUT2D eigenvalue weighted by Gasteiger charge is -2.35. The first kappa shape index (κ1) is 16.8. The summed E-state index contributed by atoms with van der Waals surface area (Å²) in [5.41, 5.74) is 4.06. The van der Waals surface area contributed by atoms with Crippen molar-refractivity contribution in [3.63, 3.8) is 0 Å². The van der Waals surface area contributed by atoms with Crippen LogP contribution in [0.3, 0.4) is 0 Å². The van der Waals surface area contributed by atoms with Crippen LogP contribution in [-0.2, 0) is 6.42 Å². The molecule has 0 saturated carbocycles. The monoisotopic (exact) mass is 350 g/mol. The van der Waals surface area contributed by atoms with Gasteiger partial charge in [-0.3, -0.25) is 11.3 Å². The van der Waals surface area contributed by atoms with Crippen molar-refractivity contribution in [2.75, 3.05) is 11.5 Å². The number of hydrogen-bond donors (Lipinski definition) is 2. The largest absolute Gasteiger partial charge is 0.271 e. The first-order chi connectivity index (χ1) is 9.67. The number of rotatable bonds is 5. The van der Waals surface area contributed by atoms with Crippen molar-refractivity contribution in [3.05, 3.63) is 33.8 Å². The molecule has 1 aromatic rings. The second-order valence-electron chi connectivity index (χ2n) is 4.84. The third kappa shape index (κ3) is 3.99. The van der Waals surface area contributed by atoms with Gasteiger partial charge in [0, 0.05) is 28.0 Å². The summed E-state index contributed by atoms with van der Waals surface area (Å²) >= 11 is 16.5. The van der Waals surface area contributed by atoms with Crippen LogP contribution in [0.5, 0.6) is 0 Å². The van der Waals surface area contributed by atoms with Crippen LogP contribution in [0.25, 0.3) is 0 Å². The van der Waals surface area contributed by atoms with E-state index in [-0.39, 0.29) is 6.04 Å². The van der Waals surface area contributed by atoms with Crippen LogP contribution in [0.4, 0.5) is 0 Å². The summed E-state index contributed by atoms with van der Waals surface area (Å²) in [4.78, 5) is 0. The Balaban J connectivity index is 2.13. The maximum Gasteiger partial charge on any atom is 0.0624 e. The Morgan fingerprint density at radius 3 is 2.80 bits per heavy atom. The number of thioether (sulfide) groups is 2. The SMILES string of the molecule is CCC1SCCSC1C(Cc1cccc(Cl)c1Cl)NN. The molecule has 0 radical (unpaired) electrons. The molecule has 3 unspecified atom stereocenters. The highest BCUT2D eigenvalue weighted by Gasteiger charge is 2.32. The number of nitrogens with one attached hydrogen (secondary N) is 1. The third-order valence-corrected chi connectivity index (χ3v) is 7.84. The molecule has 112 valence electrons. The van der Waals surface area contributed by atoms with Gasteiger partial charge >= 0.3 is 0 Å². The van der Waals surface area contributed by atoms with E-state index < -0.39 is 0 Å². The van der Waals surface area contributed by atoms with Crippen LogP contribution in [0.1, 0.15) is 18.9 Å². The molecule has 3 atom stereocenters. The van der Waals surface area contributed by atoms with E-state index in [0.29, 0.717) is 20.5 Å². The van der Waals surface area contributed by atoms with Crippen LogP contribution >= 0.6 is 46.7 Å². The highest BCUT2D eigenvalue weighted by molar-refractivity contribution is 8.07. The Morgan fingerprint density at radius 1 is 1.35 bits per heavy atom. The Bertz CT molecular complexity index is 445. The molecule has 1 fully saturated rings. The standard InChI is InChI=1S/C14H20Cl2N2S2/c1-2-12-14(20-7-6-19-12)11(18-17)8-9-4-3-5-10(15)13(9)16/h3-5,11-12,14,18H,2,6-8,17H2,1H3. The normalized spacial score (nSPS) is 24.6. The van der Waals surface area contributed by atoms with E-state index in [4.69, 9.17) is 29.0 Å². The van der Waals surface area contributed by atoms with Crippen molar-refractivity contribution in [2.45, 2.75) is 36.3 Å².